The van der Waals surface area contributed by atoms with Gasteiger partial charge in [-0.15, -0.1) is 0 Å². The second kappa shape index (κ2) is 7.43. The number of aromatic amines is 1. The van der Waals surface area contributed by atoms with Crippen molar-refractivity contribution >= 4 is 12.2 Å². The fourth-order valence-electron chi connectivity index (χ4n) is 1.81. The number of unbranched alkanes of at least 4 members (excludes halogenated alkanes) is 3. The molecule has 0 bridgehead atoms. The minimum Gasteiger partial charge on any atom is -0.325 e. The number of hydrogen-bond donors (Lipinski definition) is 1. The van der Waals surface area contributed by atoms with Crippen LogP contribution in [-0.2, 0) is 6.54 Å². The van der Waals surface area contributed by atoms with E-state index in [2.05, 4.69) is 18.8 Å². The molecule has 0 saturated carbocycles. The van der Waals surface area contributed by atoms with Crippen molar-refractivity contribution in [1.29, 1.82) is 0 Å². The second-order valence-electron chi connectivity index (χ2n) is 4.90. The number of aromatic nitrogens is 2. The van der Waals surface area contributed by atoms with Gasteiger partial charge in [-0.1, -0.05) is 39.5 Å². The number of H-pyrrole nitrogens is 1. The van der Waals surface area contributed by atoms with Gasteiger partial charge in [0.2, 0.25) is 0 Å². The predicted molar refractivity (Wildman–Crippen MR) is 73.8 cm³/mol. The summed E-state index contributed by atoms with van der Waals surface area (Å²) in [5.41, 5.74) is -0.122. The highest BCUT2D eigenvalue weighted by Gasteiger charge is 1.96. The lowest BCUT2D eigenvalue weighted by atomic mass is 10.0. The molecule has 0 aromatic carbocycles. The Morgan fingerprint density at radius 3 is 2.65 bits per heavy atom. The van der Waals surface area contributed by atoms with E-state index >= 15 is 0 Å². The average molecular weight is 254 g/mol. The van der Waals surface area contributed by atoms with E-state index < -0.39 is 0 Å². The Morgan fingerprint density at radius 2 is 2.00 bits per heavy atom. The Morgan fingerprint density at radius 1 is 1.29 bits per heavy atom. The molecule has 96 valence electrons. The highest BCUT2D eigenvalue weighted by molar-refractivity contribution is 7.71. The fraction of sp³-hybridized carbons (Fsp3) is 0.692. The Bertz CT molecular complexity index is 434. The van der Waals surface area contributed by atoms with Crippen molar-refractivity contribution in [2.45, 2.75) is 52.5 Å². The first-order valence-corrected chi connectivity index (χ1v) is 6.80. The molecule has 0 aliphatic rings. The molecule has 0 atom stereocenters. The first-order valence-electron chi connectivity index (χ1n) is 6.39. The van der Waals surface area contributed by atoms with E-state index in [4.69, 9.17) is 12.2 Å². The molecule has 1 aromatic rings. The molecule has 1 heterocycles. The topological polar surface area (TPSA) is 37.8 Å². The van der Waals surface area contributed by atoms with Gasteiger partial charge in [-0.05, 0) is 24.6 Å². The Hall–Kier alpha value is -0.900. The molecule has 0 amide bonds. The summed E-state index contributed by atoms with van der Waals surface area (Å²) in [5.74, 6) is 0.808. The van der Waals surface area contributed by atoms with Crippen LogP contribution in [0.15, 0.2) is 17.1 Å². The van der Waals surface area contributed by atoms with Crippen molar-refractivity contribution in [3.05, 3.63) is 27.4 Å². The van der Waals surface area contributed by atoms with Crippen molar-refractivity contribution < 1.29 is 0 Å². The Labute approximate surface area is 108 Å². The molecule has 0 unspecified atom stereocenters. The summed E-state index contributed by atoms with van der Waals surface area (Å²) in [7, 11) is 0. The van der Waals surface area contributed by atoms with Crippen LogP contribution in [-0.4, -0.2) is 9.55 Å². The fourth-order valence-corrected chi connectivity index (χ4v) is 2.06. The van der Waals surface area contributed by atoms with Gasteiger partial charge in [0.05, 0.1) is 0 Å². The van der Waals surface area contributed by atoms with Crippen LogP contribution in [0.1, 0.15) is 46.0 Å². The minimum atomic E-state index is -0.122. The number of nitrogens with zero attached hydrogens (tertiary/aromatic N) is 1. The quantitative estimate of drug-likeness (QED) is 0.597. The van der Waals surface area contributed by atoms with E-state index in [1.54, 1.807) is 6.20 Å². The van der Waals surface area contributed by atoms with E-state index in [0.29, 0.717) is 4.77 Å². The molecule has 0 spiro atoms. The van der Waals surface area contributed by atoms with Gasteiger partial charge in [0.1, 0.15) is 0 Å². The normalized spacial score (nSPS) is 11.0. The molecule has 17 heavy (non-hydrogen) atoms. The van der Waals surface area contributed by atoms with Gasteiger partial charge in [-0.3, -0.25) is 9.78 Å². The molecule has 0 radical (unpaired) electrons. The molecule has 1 rings (SSSR count). The Kier molecular flexibility index (Phi) is 6.19. The van der Waals surface area contributed by atoms with Crippen LogP contribution < -0.4 is 5.56 Å². The van der Waals surface area contributed by atoms with Crippen LogP contribution >= 0.6 is 12.2 Å². The average Bonchev–Trinajstić information content (AvgIpc) is 2.25. The minimum absolute atomic E-state index is 0.122. The third kappa shape index (κ3) is 5.82. The van der Waals surface area contributed by atoms with Gasteiger partial charge in [-0.2, -0.15) is 0 Å². The molecule has 0 fully saturated rings. The first kappa shape index (κ1) is 14.2. The zero-order valence-electron chi connectivity index (χ0n) is 10.7. The van der Waals surface area contributed by atoms with Crippen molar-refractivity contribution in [3.63, 3.8) is 0 Å². The monoisotopic (exact) mass is 254 g/mol. The van der Waals surface area contributed by atoms with E-state index in [-0.39, 0.29) is 5.56 Å². The van der Waals surface area contributed by atoms with E-state index in [9.17, 15) is 4.79 Å². The van der Waals surface area contributed by atoms with Gasteiger partial charge >= 0.3 is 0 Å². The molecule has 0 saturated heterocycles. The van der Waals surface area contributed by atoms with Crippen molar-refractivity contribution in [3.8, 4) is 0 Å². The van der Waals surface area contributed by atoms with E-state index in [1.807, 2.05) is 4.57 Å². The van der Waals surface area contributed by atoms with Crippen LogP contribution in [0, 0.1) is 10.7 Å². The van der Waals surface area contributed by atoms with Crippen molar-refractivity contribution in [1.82, 2.24) is 9.55 Å². The summed E-state index contributed by atoms with van der Waals surface area (Å²) in [6.45, 7) is 5.43. The van der Waals surface area contributed by atoms with Crippen LogP contribution in [0.3, 0.4) is 0 Å². The van der Waals surface area contributed by atoms with Gasteiger partial charge in [0, 0.05) is 18.8 Å². The maximum absolute atomic E-state index is 11.0. The lowest BCUT2D eigenvalue weighted by Crippen LogP contribution is -2.11. The molecule has 4 heteroatoms. The summed E-state index contributed by atoms with van der Waals surface area (Å²) in [5, 5.41) is 0. The second-order valence-corrected chi connectivity index (χ2v) is 5.29. The summed E-state index contributed by atoms with van der Waals surface area (Å²) in [4.78, 5) is 13.6. The predicted octanol–water partition coefficient (Wildman–Crippen LogP) is 3.51. The third-order valence-electron chi connectivity index (χ3n) is 2.83. The smallest absolute Gasteiger partial charge is 0.251 e. The van der Waals surface area contributed by atoms with Crippen molar-refractivity contribution in [2.75, 3.05) is 0 Å². The third-order valence-corrected chi connectivity index (χ3v) is 3.16. The van der Waals surface area contributed by atoms with Crippen LogP contribution in [0.5, 0.6) is 0 Å². The summed E-state index contributed by atoms with van der Waals surface area (Å²) >= 11 is 5.08. The maximum Gasteiger partial charge on any atom is 0.251 e. The molecule has 1 N–H and O–H groups in total. The Balaban J connectivity index is 2.22. The molecule has 0 aliphatic heterocycles. The first-order chi connectivity index (χ1) is 8.09. The molecule has 1 aromatic heterocycles. The summed E-state index contributed by atoms with van der Waals surface area (Å²) < 4.78 is 2.46. The van der Waals surface area contributed by atoms with Gasteiger partial charge in [0.25, 0.3) is 5.56 Å². The highest BCUT2D eigenvalue weighted by Crippen LogP contribution is 2.09. The zero-order chi connectivity index (χ0) is 12.7. The number of nitrogens with one attached hydrogen (secondary N) is 1. The van der Waals surface area contributed by atoms with Gasteiger partial charge < -0.3 is 4.57 Å². The number of hydrogen-bond acceptors (Lipinski definition) is 2. The number of aryl methyl sites for hydroxylation is 1. The van der Waals surface area contributed by atoms with Crippen LogP contribution in [0.4, 0.5) is 0 Å². The van der Waals surface area contributed by atoms with Crippen molar-refractivity contribution in [2.24, 2.45) is 5.92 Å². The lowest BCUT2D eigenvalue weighted by Gasteiger charge is -2.06. The molecule has 3 nitrogen and oxygen atoms in total. The zero-order valence-corrected chi connectivity index (χ0v) is 11.6. The highest BCUT2D eigenvalue weighted by atomic mass is 32.1. The SMILES string of the molecule is CC(C)CCCCCCn1ccc(=O)[nH]c1=S. The van der Waals surface area contributed by atoms with Gasteiger partial charge in [-0.25, -0.2) is 0 Å². The molecular weight excluding hydrogens is 232 g/mol. The molecular formula is C13H22N2OS. The van der Waals surface area contributed by atoms with Crippen LogP contribution in [0.2, 0.25) is 0 Å². The summed E-state index contributed by atoms with van der Waals surface area (Å²) in [6, 6.07) is 1.52. The van der Waals surface area contributed by atoms with E-state index in [1.165, 1.54) is 31.7 Å². The lowest BCUT2D eigenvalue weighted by molar-refractivity contribution is 0.502. The largest absolute Gasteiger partial charge is 0.325 e. The summed E-state index contributed by atoms with van der Waals surface area (Å²) in [6.07, 6.45) is 8.04. The molecule has 0 aliphatic carbocycles. The number of rotatable bonds is 7. The van der Waals surface area contributed by atoms with Crippen LogP contribution in [0.25, 0.3) is 0 Å². The van der Waals surface area contributed by atoms with Gasteiger partial charge in [0.15, 0.2) is 4.77 Å². The van der Waals surface area contributed by atoms with E-state index in [0.717, 1.165) is 18.9 Å². The maximum atomic E-state index is 11.0. The standard InChI is InChI=1S/C13H22N2OS/c1-11(2)7-5-3-4-6-9-15-10-8-12(16)14-13(15)17/h8,10-11H,3-7,9H2,1-2H3,(H,14,16,17).